The molecule has 0 bridgehead atoms. The molecule has 0 aliphatic heterocycles. The standard InChI is InChI=1S/C17H17ClN2O3/c18-13-8-4-5-9-14(13)20-17(23)16(22)19-11-10-15(21)12-6-2-1-3-7-12/h1-9,15,21H,10-11H2,(H,19,22)(H,20,23). The van der Waals surface area contributed by atoms with Crippen LogP contribution in [-0.2, 0) is 9.59 Å². The number of halogens is 1. The van der Waals surface area contributed by atoms with Crippen LogP contribution in [0.25, 0.3) is 0 Å². The number of amides is 2. The van der Waals surface area contributed by atoms with Gasteiger partial charge in [0.15, 0.2) is 0 Å². The molecule has 5 nitrogen and oxygen atoms in total. The number of carbonyl (C=O) groups is 2. The molecule has 0 saturated heterocycles. The first kappa shape index (κ1) is 17.0. The minimum absolute atomic E-state index is 0.185. The van der Waals surface area contributed by atoms with Crippen LogP contribution < -0.4 is 10.6 Å². The third-order valence-corrected chi connectivity index (χ3v) is 3.55. The fourth-order valence-electron chi connectivity index (χ4n) is 1.99. The number of rotatable bonds is 5. The normalized spacial score (nSPS) is 11.6. The molecule has 0 aromatic heterocycles. The molecule has 0 aliphatic rings. The lowest BCUT2D eigenvalue weighted by Gasteiger charge is -2.11. The minimum atomic E-state index is -0.799. The predicted molar refractivity (Wildman–Crippen MR) is 89.1 cm³/mol. The quantitative estimate of drug-likeness (QED) is 0.736. The molecule has 23 heavy (non-hydrogen) atoms. The Morgan fingerprint density at radius 2 is 1.65 bits per heavy atom. The monoisotopic (exact) mass is 332 g/mol. The summed E-state index contributed by atoms with van der Waals surface area (Å²) in [6.45, 7) is 0.185. The van der Waals surface area contributed by atoms with Gasteiger partial charge in [-0.05, 0) is 24.1 Å². The summed E-state index contributed by atoms with van der Waals surface area (Å²) < 4.78 is 0. The van der Waals surface area contributed by atoms with Gasteiger partial charge in [0.2, 0.25) is 0 Å². The Morgan fingerprint density at radius 1 is 1.00 bits per heavy atom. The van der Waals surface area contributed by atoms with Gasteiger partial charge in [-0.25, -0.2) is 0 Å². The Hall–Kier alpha value is -2.37. The van der Waals surface area contributed by atoms with Gasteiger partial charge in [0.05, 0.1) is 16.8 Å². The smallest absolute Gasteiger partial charge is 0.313 e. The molecule has 2 amide bonds. The molecular formula is C17H17ClN2O3. The van der Waals surface area contributed by atoms with Gasteiger partial charge < -0.3 is 15.7 Å². The van der Waals surface area contributed by atoms with Crippen molar-refractivity contribution in [2.45, 2.75) is 12.5 Å². The highest BCUT2D eigenvalue weighted by Crippen LogP contribution is 2.20. The summed E-state index contributed by atoms with van der Waals surface area (Å²) in [7, 11) is 0. The van der Waals surface area contributed by atoms with E-state index in [1.165, 1.54) is 0 Å². The summed E-state index contributed by atoms with van der Waals surface area (Å²) in [6.07, 6.45) is -0.377. The van der Waals surface area contributed by atoms with E-state index in [4.69, 9.17) is 11.6 Å². The van der Waals surface area contributed by atoms with Gasteiger partial charge in [0.25, 0.3) is 0 Å². The van der Waals surface area contributed by atoms with E-state index in [9.17, 15) is 14.7 Å². The van der Waals surface area contributed by atoms with Crippen molar-refractivity contribution in [2.24, 2.45) is 0 Å². The van der Waals surface area contributed by atoms with Crippen molar-refractivity contribution >= 4 is 29.1 Å². The van der Waals surface area contributed by atoms with E-state index >= 15 is 0 Å². The molecule has 0 spiro atoms. The highest BCUT2D eigenvalue weighted by molar-refractivity contribution is 6.41. The van der Waals surface area contributed by atoms with Crippen molar-refractivity contribution in [3.8, 4) is 0 Å². The summed E-state index contributed by atoms with van der Waals surface area (Å²) in [5, 5.41) is 15.2. The fraction of sp³-hybridized carbons (Fsp3) is 0.176. The van der Waals surface area contributed by atoms with Crippen molar-refractivity contribution < 1.29 is 14.7 Å². The number of hydrogen-bond acceptors (Lipinski definition) is 3. The van der Waals surface area contributed by atoms with Crippen molar-refractivity contribution in [1.29, 1.82) is 0 Å². The van der Waals surface area contributed by atoms with Gasteiger partial charge in [-0.2, -0.15) is 0 Å². The molecule has 2 rings (SSSR count). The van der Waals surface area contributed by atoms with Crippen LogP contribution in [0, 0.1) is 0 Å². The van der Waals surface area contributed by atoms with Crippen molar-refractivity contribution in [1.82, 2.24) is 5.32 Å². The number of anilines is 1. The first-order chi connectivity index (χ1) is 11.1. The fourth-order valence-corrected chi connectivity index (χ4v) is 2.17. The van der Waals surface area contributed by atoms with Gasteiger partial charge in [0.1, 0.15) is 0 Å². The lowest BCUT2D eigenvalue weighted by molar-refractivity contribution is -0.136. The van der Waals surface area contributed by atoms with Crippen LogP contribution in [0.15, 0.2) is 54.6 Å². The molecule has 0 saturated carbocycles. The Balaban J connectivity index is 1.78. The van der Waals surface area contributed by atoms with Crippen LogP contribution in [0.4, 0.5) is 5.69 Å². The van der Waals surface area contributed by atoms with E-state index in [1.54, 1.807) is 36.4 Å². The van der Waals surface area contributed by atoms with E-state index in [0.717, 1.165) is 5.56 Å². The highest BCUT2D eigenvalue weighted by Gasteiger charge is 2.15. The number of aliphatic hydroxyl groups excluding tert-OH is 1. The third-order valence-electron chi connectivity index (χ3n) is 3.22. The highest BCUT2D eigenvalue weighted by atomic mass is 35.5. The van der Waals surface area contributed by atoms with Crippen LogP contribution in [0.5, 0.6) is 0 Å². The average Bonchev–Trinajstić information content (AvgIpc) is 2.57. The first-order valence-electron chi connectivity index (χ1n) is 7.14. The van der Waals surface area contributed by atoms with Crippen LogP contribution in [0.3, 0.4) is 0 Å². The van der Waals surface area contributed by atoms with Crippen LogP contribution in [0.2, 0.25) is 5.02 Å². The van der Waals surface area contributed by atoms with Crippen molar-refractivity contribution in [3.63, 3.8) is 0 Å². The summed E-state index contributed by atoms with van der Waals surface area (Å²) in [4.78, 5) is 23.5. The number of benzene rings is 2. The van der Waals surface area contributed by atoms with Crippen molar-refractivity contribution in [3.05, 3.63) is 65.2 Å². The second-order valence-corrected chi connectivity index (χ2v) is 5.31. The molecule has 2 aromatic carbocycles. The maximum Gasteiger partial charge on any atom is 0.313 e. The molecule has 0 aliphatic carbocycles. The largest absolute Gasteiger partial charge is 0.388 e. The SMILES string of the molecule is O=C(NCCC(O)c1ccccc1)C(=O)Nc1ccccc1Cl. The third kappa shape index (κ3) is 5.09. The number of aliphatic hydroxyl groups is 1. The van der Waals surface area contributed by atoms with E-state index < -0.39 is 17.9 Å². The number of hydrogen-bond donors (Lipinski definition) is 3. The van der Waals surface area contributed by atoms with Crippen LogP contribution in [0.1, 0.15) is 18.1 Å². The average molecular weight is 333 g/mol. The topological polar surface area (TPSA) is 78.4 Å². The second kappa shape index (κ2) is 8.31. The second-order valence-electron chi connectivity index (χ2n) is 4.91. The molecule has 3 N–H and O–H groups in total. The van der Waals surface area contributed by atoms with Gasteiger partial charge in [-0.15, -0.1) is 0 Å². The van der Waals surface area contributed by atoms with Gasteiger partial charge >= 0.3 is 11.8 Å². The molecular weight excluding hydrogens is 316 g/mol. The van der Waals surface area contributed by atoms with E-state index in [2.05, 4.69) is 10.6 Å². The number of nitrogens with one attached hydrogen (secondary N) is 2. The molecule has 0 heterocycles. The van der Waals surface area contributed by atoms with Crippen molar-refractivity contribution in [2.75, 3.05) is 11.9 Å². The molecule has 1 atom stereocenters. The Morgan fingerprint density at radius 3 is 2.35 bits per heavy atom. The lowest BCUT2D eigenvalue weighted by Crippen LogP contribution is -2.36. The summed E-state index contributed by atoms with van der Waals surface area (Å²) in [5.41, 5.74) is 1.14. The Labute approximate surface area is 139 Å². The van der Waals surface area contributed by atoms with E-state index in [1.807, 2.05) is 18.2 Å². The zero-order chi connectivity index (χ0) is 16.7. The summed E-state index contributed by atoms with van der Waals surface area (Å²) in [5.74, 6) is -1.57. The van der Waals surface area contributed by atoms with Gasteiger partial charge in [-0.1, -0.05) is 54.1 Å². The van der Waals surface area contributed by atoms with E-state index in [0.29, 0.717) is 17.1 Å². The Kier molecular flexibility index (Phi) is 6.14. The molecule has 0 radical (unpaired) electrons. The Bertz CT molecular complexity index is 677. The maximum absolute atomic E-state index is 11.8. The minimum Gasteiger partial charge on any atom is -0.388 e. The summed E-state index contributed by atoms with van der Waals surface area (Å²) in [6, 6.07) is 15.8. The van der Waals surface area contributed by atoms with Crippen LogP contribution in [-0.4, -0.2) is 23.5 Å². The zero-order valence-corrected chi connectivity index (χ0v) is 13.1. The van der Waals surface area contributed by atoms with Crippen LogP contribution >= 0.6 is 11.6 Å². The van der Waals surface area contributed by atoms with Gasteiger partial charge in [0, 0.05) is 6.54 Å². The molecule has 0 fully saturated rings. The first-order valence-corrected chi connectivity index (χ1v) is 7.52. The summed E-state index contributed by atoms with van der Waals surface area (Å²) >= 11 is 5.91. The number of carbonyl (C=O) groups excluding carboxylic acids is 2. The molecule has 1 unspecified atom stereocenters. The molecule has 120 valence electrons. The van der Waals surface area contributed by atoms with Gasteiger partial charge in [-0.3, -0.25) is 9.59 Å². The molecule has 2 aromatic rings. The number of para-hydroxylation sites is 1. The predicted octanol–water partition coefficient (Wildman–Crippen LogP) is 2.52. The lowest BCUT2D eigenvalue weighted by atomic mass is 10.1. The maximum atomic E-state index is 11.8. The van der Waals surface area contributed by atoms with E-state index in [-0.39, 0.29) is 6.54 Å². The zero-order valence-electron chi connectivity index (χ0n) is 12.3. The molecule has 6 heteroatoms.